The molecule has 0 heterocycles. The van der Waals surface area contributed by atoms with Crippen molar-refractivity contribution < 1.29 is 13.2 Å². The number of sulfone groups is 1. The van der Waals surface area contributed by atoms with Crippen molar-refractivity contribution in [3.05, 3.63) is 30.3 Å². The van der Waals surface area contributed by atoms with E-state index in [1.807, 2.05) is 0 Å². The summed E-state index contributed by atoms with van der Waals surface area (Å²) in [6.07, 6.45) is 1.56. The fourth-order valence-electron chi connectivity index (χ4n) is 1.89. The van der Waals surface area contributed by atoms with E-state index in [-0.39, 0.29) is 10.7 Å². The van der Waals surface area contributed by atoms with Crippen LogP contribution in [0.1, 0.15) is 19.3 Å². The van der Waals surface area contributed by atoms with Crippen LogP contribution in [0.25, 0.3) is 0 Å². The van der Waals surface area contributed by atoms with Crippen molar-refractivity contribution in [2.45, 2.75) is 29.4 Å². The van der Waals surface area contributed by atoms with Gasteiger partial charge in [-0.1, -0.05) is 18.2 Å². The van der Waals surface area contributed by atoms with Gasteiger partial charge >= 0.3 is 0 Å². The van der Waals surface area contributed by atoms with Crippen molar-refractivity contribution in [2.24, 2.45) is 0 Å². The fourth-order valence-corrected chi connectivity index (χ4v) is 3.69. The summed E-state index contributed by atoms with van der Waals surface area (Å²) < 4.78 is 24.0. The van der Waals surface area contributed by atoms with Crippen LogP contribution in [0, 0.1) is 0 Å². The Bertz CT molecular complexity index is 462. The van der Waals surface area contributed by atoms with Crippen molar-refractivity contribution in [3.63, 3.8) is 0 Å². The zero-order valence-electron chi connectivity index (χ0n) is 8.22. The van der Waals surface area contributed by atoms with Gasteiger partial charge in [0.15, 0.2) is 15.6 Å². The molecule has 0 N–H and O–H groups in total. The minimum Gasteiger partial charge on any atom is -0.298 e. The van der Waals surface area contributed by atoms with Crippen LogP contribution in [0.5, 0.6) is 0 Å². The minimum absolute atomic E-state index is 0.140. The number of carbonyl (C=O) groups excluding carboxylic acids is 1. The van der Waals surface area contributed by atoms with Crippen LogP contribution in [-0.2, 0) is 14.6 Å². The smallest absolute Gasteiger partial charge is 0.188 e. The van der Waals surface area contributed by atoms with Crippen molar-refractivity contribution >= 4 is 15.6 Å². The Balaban J connectivity index is 2.40. The fraction of sp³-hybridized carbons (Fsp3) is 0.364. The van der Waals surface area contributed by atoms with Crippen LogP contribution in [-0.4, -0.2) is 19.5 Å². The molecule has 15 heavy (non-hydrogen) atoms. The van der Waals surface area contributed by atoms with Crippen molar-refractivity contribution in [3.8, 4) is 0 Å². The van der Waals surface area contributed by atoms with Crippen LogP contribution in [0.15, 0.2) is 35.2 Å². The molecule has 1 saturated carbocycles. The zero-order valence-corrected chi connectivity index (χ0v) is 9.03. The summed E-state index contributed by atoms with van der Waals surface area (Å²) in [6.45, 7) is 0. The summed E-state index contributed by atoms with van der Waals surface area (Å²) in [5.74, 6) is -0.140. The van der Waals surface area contributed by atoms with Gasteiger partial charge in [-0.2, -0.15) is 0 Å². The number of Topliss-reactive ketones (excluding diaryl/α,β-unsaturated/α-hetero) is 1. The van der Waals surface area contributed by atoms with E-state index in [2.05, 4.69) is 0 Å². The normalized spacial score (nSPS) is 21.9. The van der Waals surface area contributed by atoms with E-state index in [0.717, 1.165) is 0 Å². The maximum absolute atomic E-state index is 12.0. The van der Waals surface area contributed by atoms with E-state index in [4.69, 9.17) is 0 Å². The van der Waals surface area contributed by atoms with Crippen LogP contribution >= 0.6 is 0 Å². The summed E-state index contributed by atoms with van der Waals surface area (Å²) in [6, 6.07) is 8.19. The molecule has 0 bridgehead atoms. The number of rotatable bonds is 2. The van der Waals surface area contributed by atoms with Crippen molar-refractivity contribution in [2.75, 3.05) is 0 Å². The van der Waals surface area contributed by atoms with E-state index in [1.165, 1.54) is 0 Å². The quantitative estimate of drug-likeness (QED) is 0.766. The second kappa shape index (κ2) is 3.77. The third-order valence-electron chi connectivity index (χ3n) is 2.69. The SMILES string of the molecule is O=C1CCCC1S(=O)(=O)c1ccccc1. The maximum atomic E-state index is 12.0. The predicted octanol–water partition coefficient (Wildman–Crippen LogP) is 1.58. The molecule has 1 aromatic rings. The number of hydrogen-bond acceptors (Lipinski definition) is 3. The van der Waals surface area contributed by atoms with Crippen LogP contribution in [0.3, 0.4) is 0 Å². The van der Waals surface area contributed by atoms with Crippen molar-refractivity contribution in [1.29, 1.82) is 0 Å². The van der Waals surface area contributed by atoms with Crippen LogP contribution in [0.2, 0.25) is 0 Å². The summed E-state index contributed by atoms with van der Waals surface area (Å²) in [5, 5.41) is -0.806. The van der Waals surface area contributed by atoms with Gasteiger partial charge in [0.25, 0.3) is 0 Å². The first-order valence-electron chi connectivity index (χ1n) is 4.94. The van der Waals surface area contributed by atoms with E-state index >= 15 is 0 Å². The molecule has 1 aliphatic carbocycles. The Morgan fingerprint density at radius 3 is 2.33 bits per heavy atom. The van der Waals surface area contributed by atoms with Gasteiger partial charge < -0.3 is 0 Å². The molecule has 0 aliphatic heterocycles. The number of ketones is 1. The van der Waals surface area contributed by atoms with Gasteiger partial charge in [-0.3, -0.25) is 4.79 Å². The lowest BCUT2D eigenvalue weighted by Crippen LogP contribution is -2.25. The molecular weight excluding hydrogens is 212 g/mol. The number of carbonyl (C=O) groups is 1. The Hall–Kier alpha value is -1.16. The van der Waals surface area contributed by atoms with Gasteiger partial charge in [0.1, 0.15) is 5.25 Å². The van der Waals surface area contributed by atoms with E-state index in [9.17, 15) is 13.2 Å². The Labute approximate surface area is 89.0 Å². The third-order valence-corrected chi connectivity index (χ3v) is 4.87. The van der Waals surface area contributed by atoms with Gasteiger partial charge in [-0.05, 0) is 25.0 Å². The highest BCUT2D eigenvalue weighted by molar-refractivity contribution is 7.92. The van der Waals surface area contributed by atoms with Gasteiger partial charge in [0.2, 0.25) is 0 Å². The van der Waals surface area contributed by atoms with Gasteiger partial charge in [0, 0.05) is 6.42 Å². The topological polar surface area (TPSA) is 51.2 Å². The second-order valence-corrected chi connectivity index (χ2v) is 5.84. The molecule has 80 valence electrons. The highest BCUT2D eigenvalue weighted by atomic mass is 32.2. The first-order chi connectivity index (χ1) is 7.12. The summed E-state index contributed by atoms with van der Waals surface area (Å²) in [5.41, 5.74) is 0. The van der Waals surface area contributed by atoms with Gasteiger partial charge in [0.05, 0.1) is 4.90 Å². The van der Waals surface area contributed by atoms with Gasteiger partial charge in [-0.25, -0.2) is 8.42 Å². The Kier molecular flexibility index (Phi) is 2.61. The maximum Gasteiger partial charge on any atom is 0.188 e. The van der Waals surface area contributed by atoms with E-state index in [1.54, 1.807) is 30.3 Å². The lowest BCUT2D eigenvalue weighted by Gasteiger charge is -2.09. The summed E-state index contributed by atoms with van der Waals surface area (Å²) in [4.78, 5) is 11.7. The van der Waals surface area contributed by atoms with Crippen molar-refractivity contribution in [1.82, 2.24) is 0 Å². The average Bonchev–Trinajstić information content (AvgIpc) is 2.66. The largest absolute Gasteiger partial charge is 0.298 e. The monoisotopic (exact) mass is 224 g/mol. The van der Waals surface area contributed by atoms with E-state index < -0.39 is 15.1 Å². The first kappa shape index (κ1) is 10.4. The van der Waals surface area contributed by atoms with Gasteiger partial charge in [-0.15, -0.1) is 0 Å². The molecular formula is C11H12O3S. The number of hydrogen-bond donors (Lipinski definition) is 0. The molecule has 1 atom stereocenters. The predicted molar refractivity (Wildman–Crippen MR) is 56.3 cm³/mol. The third kappa shape index (κ3) is 1.81. The molecule has 3 nitrogen and oxygen atoms in total. The minimum atomic E-state index is -3.44. The average molecular weight is 224 g/mol. The molecule has 0 saturated heterocycles. The first-order valence-corrected chi connectivity index (χ1v) is 6.48. The summed E-state index contributed by atoms with van der Waals surface area (Å²) >= 11 is 0. The molecule has 0 aromatic heterocycles. The number of benzene rings is 1. The van der Waals surface area contributed by atoms with Crippen LogP contribution < -0.4 is 0 Å². The highest BCUT2D eigenvalue weighted by Crippen LogP contribution is 2.26. The molecule has 0 spiro atoms. The molecule has 1 fully saturated rings. The molecule has 1 unspecified atom stereocenters. The standard InChI is InChI=1S/C11H12O3S/c12-10-7-4-8-11(10)15(13,14)9-5-2-1-3-6-9/h1-3,5-6,11H,4,7-8H2. The Morgan fingerprint density at radius 1 is 1.13 bits per heavy atom. The van der Waals surface area contributed by atoms with Crippen LogP contribution in [0.4, 0.5) is 0 Å². The lowest BCUT2D eigenvalue weighted by molar-refractivity contribution is -0.117. The molecule has 1 aromatic carbocycles. The highest BCUT2D eigenvalue weighted by Gasteiger charge is 2.36. The molecule has 2 rings (SSSR count). The second-order valence-electron chi connectivity index (χ2n) is 3.71. The zero-order chi connectivity index (χ0) is 10.9. The molecule has 4 heteroatoms. The molecule has 0 amide bonds. The molecule has 0 radical (unpaired) electrons. The Morgan fingerprint density at radius 2 is 1.80 bits per heavy atom. The summed E-state index contributed by atoms with van der Waals surface area (Å²) in [7, 11) is -3.44. The lowest BCUT2D eigenvalue weighted by atomic mass is 10.3. The van der Waals surface area contributed by atoms with E-state index in [0.29, 0.717) is 19.3 Å². The molecule has 1 aliphatic rings.